The molecule has 0 saturated carbocycles. The molecule has 16 heavy (non-hydrogen) atoms. The van der Waals surface area contributed by atoms with E-state index < -0.39 is 13.4 Å². The number of aromatic amines is 1. The lowest BCUT2D eigenvalue weighted by Gasteiger charge is -2.08. The van der Waals surface area contributed by atoms with Crippen LogP contribution in [0.25, 0.3) is 10.9 Å². The topological polar surface area (TPSA) is 28.3 Å². The average molecular weight is 222 g/mol. The average Bonchev–Trinajstić information content (AvgIpc) is 2.68. The van der Waals surface area contributed by atoms with Crippen LogP contribution in [0.15, 0.2) is 24.4 Å². The molecule has 0 saturated heterocycles. The van der Waals surface area contributed by atoms with E-state index in [0.29, 0.717) is 6.54 Å². The van der Waals surface area contributed by atoms with E-state index in [9.17, 15) is 0 Å². The van der Waals surface area contributed by atoms with Crippen molar-refractivity contribution in [2.75, 3.05) is 27.7 Å². The third kappa shape index (κ3) is 2.19. The largest absolute Gasteiger partial charge is 0.497 e. The molecule has 0 spiro atoms. The predicted molar refractivity (Wildman–Crippen MR) is 67.1 cm³/mol. The summed E-state index contributed by atoms with van der Waals surface area (Å²) >= 11 is 0. The van der Waals surface area contributed by atoms with Crippen molar-refractivity contribution in [1.29, 1.82) is 0 Å². The maximum Gasteiger partial charge on any atom is 0.119 e. The Kier molecular flexibility index (Phi) is 1.99. The van der Waals surface area contributed by atoms with Crippen LogP contribution >= 0.6 is 0 Å². The highest BCUT2D eigenvalue weighted by atomic mass is 16.5. The number of methoxy groups -OCH3 is 1. The number of fused-ring (bicyclic) bond motifs is 1. The van der Waals surface area contributed by atoms with E-state index in [-0.39, 0.29) is 5.75 Å². The number of likely N-dealkylation sites (N-methyl/N-ethyl adjacent to an activating group) is 1. The standard InChI is InChI=1S/C13H18N2O/c1-15(2)7-6-10-9-14-13-5-4-11(16-3)8-12(10)13/h4-5,8-9,14H,6-7H2,1-3H3/i3D3,6D. The highest BCUT2D eigenvalue weighted by Gasteiger charge is 2.05. The molecule has 0 bridgehead atoms. The molecule has 1 atom stereocenters. The van der Waals surface area contributed by atoms with E-state index in [1.165, 1.54) is 0 Å². The maximum atomic E-state index is 8.18. The van der Waals surface area contributed by atoms with Crippen LogP contribution in [0.4, 0.5) is 0 Å². The molecular weight excluding hydrogens is 200 g/mol. The molecule has 3 heteroatoms. The summed E-state index contributed by atoms with van der Waals surface area (Å²) in [5.74, 6) is 0.287. The Bertz CT molecular complexity index is 592. The van der Waals surface area contributed by atoms with Gasteiger partial charge in [-0.3, -0.25) is 0 Å². The van der Waals surface area contributed by atoms with Crippen LogP contribution in [0.5, 0.6) is 5.75 Å². The smallest absolute Gasteiger partial charge is 0.119 e. The van der Waals surface area contributed by atoms with Gasteiger partial charge in [-0.05, 0) is 44.3 Å². The van der Waals surface area contributed by atoms with Crippen molar-refractivity contribution >= 4 is 10.9 Å². The molecule has 0 aliphatic heterocycles. The zero-order valence-corrected chi connectivity index (χ0v) is 9.45. The van der Waals surface area contributed by atoms with Crippen LogP contribution in [-0.2, 0) is 6.40 Å². The summed E-state index contributed by atoms with van der Waals surface area (Å²) in [4.78, 5) is 5.04. The molecule has 0 amide bonds. The van der Waals surface area contributed by atoms with Crippen molar-refractivity contribution in [1.82, 2.24) is 9.88 Å². The Hall–Kier alpha value is -1.48. The van der Waals surface area contributed by atoms with E-state index in [4.69, 9.17) is 10.2 Å². The van der Waals surface area contributed by atoms with E-state index in [2.05, 4.69) is 4.98 Å². The van der Waals surface area contributed by atoms with Crippen molar-refractivity contribution in [3.05, 3.63) is 30.0 Å². The minimum Gasteiger partial charge on any atom is -0.497 e. The van der Waals surface area contributed by atoms with Gasteiger partial charge >= 0.3 is 0 Å². The van der Waals surface area contributed by atoms with Crippen molar-refractivity contribution in [3.8, 4) is 5.75 Å². The summed E-state index contributed by atoms with van der Waals surface area (Å²) in [6.45, 7) is 0.595. The van der Waals surface area contributed by atoms with Gasteiger partial charge in [0.25, 0.3) is 0 Å². The Morgan fingerprint density at radius 2 is 2.38 bits per heavy atom. The normalized spacial score (nSPS) is 17.7. The van der Waals surface area contributed by atoms with Crippen molar-refractivity contribution < 1.29 is 10.2 Å². The molecule has 1 heterocycles. The molecule has 1 aromatic heterocycles. The Balaban J connectivity index is 2.35. The van der Waals surface area contributed by atoms with Gasteiger partial charge in [-0.25, -0.2) is 0 Å². The SMILES string of the molecule is [2H]C(CN(C)C)c1c[nH]c2ccc(OC([2H])([2H])[2H])cc12. The highest BCUT2D eigenvalue weighted by molar-refractivity contribution is 5.84. The number of ether oxygens (including phenoxy) is 1. The van der Waals surface area contributed by atoms with E-state index in [1.807, 2.05) is 19.0 Å². The van der Waals surface area contributed by atoms with E-state index in [0.717, 1.165) is 16.5 Å². The molecule has 0 radical (unpaired) electrons. The van der Waals surface area contributed by atoms with Gasteiger partial charge in [-0.15, -0.1) is 0 Å². The van der Waals surface area contributed by atoms with Gasteiger partial charge in [0.15, 0.2) is 0 Å². The van der Waals surface area contributed by atoms with Gasteiger partial charge < -0.3 is 14.6 Å². The molecule has 1 aromatic carbocycles. The second kappa shape index (κ2) is 4.58. The second-order valence-electron chi connectivity index (χ2n) is 4.02. The fourth-order valence-electron chi connectivity index (χ4n) is 1.63. The first-order chi connectivity index (χ1) is 9.26. The zero-order chi connectivity index (χ0) is 14.9. The molecule has 2 aromatic rings. The second-order valence-corrected chi connectivity index (χ2v) is 4.02. The van der Waals surface area contributed by atoms with E-state index in [1.54, 1.807) is 24.4 Å². The molecule has 0 aliphatic rings. The van der Waals surface area contributed by atoms with Gasteiger partial charge in [-0.2, -0.15) is 0 Å². The van der Waals surface area contributed by atoms with Crippen molar-refractivity contribution in [2.24, 2.45) is 0 Å². The summed E-state index contributed by atoms with van der Waals surface area (Å²) in [5.41, 5.74) is 1.71. The first-order valence-corrected chi connectivity index (χ1v) is 5.13. The lowest BCUT2D eigenvalue weighted by molar-refractivity contribution is 0.413. The number of hydrogen-bond donors (Lipinski definition) is 1. The summed E-state index contributed by atoms with van der Waals surface area (Å²) in [5, 5.41) is 0.827. The van der Waals surface area contributed by atoms with Gasteiger partial charge in [0.1, 0.15) is 5.75 Å². The molecule has 86 valence electrons. The molecule has 0 fully saturated rings. The molecule has 0 aliphatic carbocycles. The maximum absolute atomic E-state index is 8.18. The quantitative estimate of drug-likeness (QED) is 0.859. The monoisotopic (exact) mass is 222 g/mol. The number of nitrogens with one attached hydrogen (secondary N) is 1. The molecule has 3 nitrogen and oxygen atoms in total. The molecule has 2 rings (SSSR count). The van der Waals surface area contributed by atoms with Gasteiger partial charge in [0.05, 0.1) is 11.2 Å². The van der Waals surface area contributed by atoms with Crippen LogP contribution in [0.3, 0.4) is 0 Å². The van der Waals surface area contributed by atoms with Gasteiger partial charge in [-0.1, -0.05) is 0 Å². The van der Waals surface area contributed by atoms with Crippen LogP contribution in [0.1, 0.15) is 11.0 Å². The third-order valence-electron chi connectivity index (χ3n) is 2.48. The minimum atomic E-state index is -2.46. The van der Waals surface area contributed by atoms with E-state index >= 15 is 0 Å². The van der Waals surface area contributed by atoms with Crippen LogP contribution < -0.4 is 4.74 Å². The predicted octanol–water partition coefficient (Wildman–Crippen LogP) is 2.28. The van der Waals surface area contributed by atoms with Gasteiger partial charge in [0.2, 0.25) is 0 Å². The Morgan fingerprint density at radius 1 is 1.50 bits per heavy atom. The summed E-state index contributed by atoms with van der Waals surface area (Å²) in [6, 6.07) is 5.05. The van der Waals surface area contributed by atoms with Crippen molar-refractivity contribution in [2.45, 2.75) is 6.40 Å². The summed E-state index contributed by atoms with van der Waals surface area (Å²) in [6.07, 6.45) is 1.40. The zero-order valence-electron chi connectivity index (χ0n) is 13.4. The highest BCUT2D eigenvalue weighted by Crippen LogP contribution is 2.23. The molecule has 1 N–H and O–H groups in total. The lowest BCUT2D eigenvalue weighted by atomic mass is 10.1. The van der Waals surface area contributed by atoms with Crippen LogP contribution in [0, 0.1) is 0 Å². The van der Waals surface area contributed by atoms with Crippen LogP contribution in [0.2, 0.25) is 0 Å². The van der Waals surface area contributed by atoms with Gasteiger partial charge in [0, 0.05) is 25.0 Å². The molecular formula is C13H18N2O. The fraction of sp³-hybridized carbons (Fsp3) is 0.385. The summed E-state index contributed by atoms with van der Waals surface area (Å²) < 4.78 is 34.5. The first kappa shape index (κ1) is 6.97. The third-order valence-corrected chi connectivity index (χ3v) is 2.48. The lowest BCUT2D eigenvalue weighted by Crippen LogP contribution is -2.14. The summed E-state index contributed by atoms with van der Waals surface area (Å²) in [7, 11) is 1.37. The van der Waals surface area contributed by atoms with Crippen molar-refractivity contribution in [3.63, 3.8) is 0 Å². The number of H-pyrrole nitrogens is 1. The van der Waals surface area contributed by atoms with Crippen LogP contribution in [-0.4, -0.2) is 37.6 Å². The Morgan fingerprint density at radius 3 is 3.12 bits per heavy atom. The number of benzene rings is 1. The minimum absolute atomic E-state index is 0.287. The number of hydrogen-bond acceptors (Lipinski definition) is 2. The fourth-order valence-corrected chi connectivity index (χ4v) is 1.63. The first-order valence-electron chi connectivity index (χ1n) is 7.21. The Labute approximate surface area is 102 Å². The number of rotatable bonds is 4. The molecule has 1 unspecified atom stereocenters. The number of nitrogens with zero attached hydrogens (tertiary/aromatic N) is 1. The number of aromatic nitrogens is 1.